The number of carbonyl (C=O) groups is 2. The van der Waals surface area contributed by atoms with Crippen molar-refractivity contribution in [3.05, 3.63) is 0 Å². The minimum absolute atomic E-state index is 0.0556. The van der Waals surface area contributed by atoms with Crippen LogP contribution < -0.4 is 0 Å². The fraction of sp³-hybridized carbons (Fsp3) is 0.800. The largest absolute Gasteiger partial charge is 0.468 e. The first-order valence-corrected chi connectivity index (χ1v) is 5.07. The SMILES string of the molecule is COC(=O)C1CN2CCC[C@H]2CC1=O. The van der Waals surface area contributed by atoms with E-state index in [1.165, 1.54) is 7.11 Å². The molecule has 4 heteroatoms. The van der Waals surface area contributed by atoms with Crippen LogP contribution in [0.3, 0.4) is 0 Å². The van der Waals surface area contributed by atoms with E-state index >= 15 is 0 Å². The molecule has 2 heterocycles. The van der Waals surface area contributed by atoms with Gasteiger partial charge in [0.05, 0.1) is 7.11 Å². The van der Waals surface area contributed by atoms with Crippen LogP contribution in [0, 0.1) is 5.92 Å². The maximum Gasteiger partial charge on any atom is 0.317 e. The molecule has 2 rings (SSSR count). The number of esters is 1. The summed E-state index contributed by atoms with van der Waals surface area (Å²) in [6, 6.07) is 0.392. The van der Waals surface area contributed by atoms with Crippen LogP contribution in [0.4, 0.5) is 0 Å². The maximum atomic E-state index is 11.6. The Morgan fingerprint density at radius 1 is 1.57 bits per heavy atom. The molecule has 14 heavy (non-hydrogen) atoms. The first-order valence-electron chi connectivity index (χ1n) is 5.07. The lowest BCUT2D eigenvalue weighted by molar-refractivity contribution is -0.152. The molecular weight excluding hydrogens is 182 g/mol. The number of Topliss-reactive ketones (excluding diaryl/α,β-unsaturated/α-hetero) is 1. The molecule has 2 aliphatic heterocycles. The van der Waals surface area contributed by atoms with Gasteiger partial charge in [0, 0.05) is 19.0 Å². The zero-order valence-corrected chi connectivity index (χ0v) is 8.36. The summed E-state index contributed by atoms with van der Waals surface area (Å²) >= 11 is 0. The Kier molecular flexibility index (Phi) is 2.54. The molecule has 0 radical (unpaired) electrons. The van der Waals surface area contributed by atoms with E-state index in [2.05, 4.69) is 9.64 Å². The van der Waals surface area contributed by atoms with Crippen molar-refractivity contribution >= 4 is 11.8 Å². The molecule has 1 unspecified atom stereocenters. The van der Waals surface area contributed by atoms with Gasteiger partial charge in [-0.25, -0.2) is 0 Å². The Bertz CT molecular complexity index is 264. The molecule has 0 saturated carbocycles. The Morgan fingerprint density at radius 2 is 2.36 bits per heavy atom. The van der Waals surface area contributed by atoms with Crippen LogP contribution in [0.2, 0.25) is 0 Å². The third kappa shape index (κ3) is 1.54. The van der Waals surface area contributed by atoms with E-state index in [0.29, 0.717) is 19.0 Å². The number of carbonyl (C=O) groups excluding carboxylic acids is 2. The molecule has 78 valence electrons. The number of hydrogen-bond acceptors (Lipinski definition) is 4. The van der Waals surface area contributed by atoms with E-state index in [0.717, 1.165) is 19.4 Å². The number of rotatable bonds is 1. The van der Waals surface area contributed by atoms with Gasteiger partial charge in [-0.3, -0.25) is 14.5 Å². The summed E-state index contributed by atoms with van der Waals surface area (Å²) in [6.45, 7) is 1.58. The average molecular weight is 197 g/mol. The topological polar surface area (TPSA) is 46.6 Å². The van der Waals surface area contributed by atoms with Gasteiger partial charge in [-0.1, -0.05) is 0 Å². The van der Waals surface area contributed by atoms with E-state index in [1.807, 2.05) is 0 Å². The molecule has 0 N–H and O–H groups in total. The van der Waals surface area contributed by atoms with E-state index in [-0.39, 0.29) is 11.8 Å². The fourth-order valence-corrected chi connectivity index (χ4v) is 2.43. The predicted octanol–water partition coefficient (Wildman–Crippen LogP) is 0.213. The molecule has 0 bridgehead atoms. The minimum atomic E-state index is -0.533. The summed E-state index contributed by atoms with van der Waals surface area (Å²) in [7, 11) is 1.34. The molecule has 0 amide bonds. The van der Waals surface area contributed by atoms with Crippen molar-refractivity contribution in [3.8, 4) is 0 Å². The highest BCUT2D eigenvalue weighted by atomic mass is 16.5. The number of methoxy groups -OCH3 is 1. The summed E-state index contributed by atoms with van der Waals surface area (Å²) in [5, 5.41) is 0. The van der Waals surface area contributed by atoms with E-state index in [1.54, 1.807) is 0 Å². The fourth-order valence-electron chi connectivity index (χ4n) is 2.43. The van der Waals surface area contributed by atoms with Gasteiger partial charge in [-0.2, -0.15) is 0 Å². The van der Waals surface area contributed by atoms with Crippen molar-refractivity contribution in [3.63, 3.8) is 0 Å². The standard InChI is InChI=1S/C10H15NO3/c1-14-10(13)8-6-11-4-2-3-7(11)5-9(8)12/h7-8H,2-6H2,1H3/t7-,8?/m0/s1. The Hall–Kier alpha value is -0.900. The Morgan fingerprint density at radius 3 is 3.07 bits per heavy atom. The van der Waals surface area contributed by atoms with Gasteiger partial charge in [-0.15, -0.1) is 0 Å². The summed E-state index contributed by atoms with van der Waals surface area (Å²) in [6.07, 6.45) is 2.77. The highest BCUT2D eigenvalue weighted by Gasteiger charge is 2.40. The van der Waals surface area contributed by atoms with Crippen molar-refractivity contribution in [2.45, 2.75) is 25.3 Å². The summed E-state index contributed by atoms with van der Waals surface area (Å²) in [5.74, 6) is -0.852. The highest BCUT2D eigenvalue weighted by Crippen LogP contribution is 2.27. The van der Waals surface area contributed by atoms with E-state index in [4.69, 9.17) is 0 Å². The zero-order valence-electron chi connectivity index (χ0n) is 8.36. The van der Waals surface area contributed by atoms with Gasteiger partial charge in [-0.05, 0) is 19.4 Å². The minimum Gasteiger partial charge on any atom is -0.468 e. The molecule has 0 aromatic rings. The number of nitrogens with zero attached hydrogens (tertiary/aromatic N) is 1. The maximum absolute atomic E-state index is 11.6. The van der Waals surface area contributed by atoms with E-state index in [9.17, 15) is 9.59 Å². The summed E-state index contributed by atoms with van der Waals surface area (Å²) < 4.78 is 4.62. The van der Waals surface area contributed by atoms with Crippen LogP contribution in [-0.4, -0.2) is 42.9 Å². The van der Waals surface area contributed by atoms with E-state index < -0.39 is 5.92 Å². The quantitative estimate of drug-likeness (QED) is 0.445. The number of ketones is 1. The lowest BCUT2D eigenvalue weighted by Crippen LogP contribution is -2.47. The lowest BCUT2D eigenvalue weighted by Gasteiger charge is -2.32. The predicted molar refractivity (Wildman–Crippen MR) is 49.7 cm³/mol. The third-order valence-electron chi connectivity index (χ3n) is 3.23. The van der Waals surface area contributed by atoms with Crippen LogP contribution in [0.15, 0.2) is 0 Å². The van der Waals surface area contributed by atoms with Crippen LogP contribution >= 0.6 is 0 Å². The van der Waals surface area contributed by atoms with Gasteiger partial charge < -0.3 is 4.74 Å². The smallest absolute Gasteiger partial charge is 0.317 e. The van der Waals surface area contributed by atoms with Gasteiger partial charge in [0.1, 0.15) is 11.7 Å². The van der Waals surface area contributed by atoms with Gasteiger partial charge in [0.15, 0.2) is 0 Å². The summed E-state index contributed by atoms with van der Waals surface area (Å²) in [5.41, 5.74) is 0. The first kappa shape index (κ1) is 9.65. The highest BCUT2D eigenvalue weighted by molar-refractivity contribution is 6.00. The molecule has 0 aromatic carbocycles. The van der Waals surface area contributed by atoms with Crippen LogP contribution in [0.1, 0.15) is 19.3 Å². The van der Waals surface area contributed by atoms with Crippen molar-refractivity contribution in [1.29, 1.82) is 0 Å². The van der Waals surface area contributed by atoms with Gasteiger partial charge in [0.2, 0.25) is 0 Å². The Labute approximate surface area is 83.2 Å². The number of fused-ring (bicyclic) bond motifs is 1. The van der Waals surface area contributed by atoms with Gasteiger partial charge in [0.25, 0.3) is 0 Å². The van der Waals surface area contributed by atoms with Crippen LogP contribution in [0.5, 0.6) is 0 Å². The molecule has 2 atom stereocenters. The number of ether oxygens (including phenoxy) is 1. The molecule has 0 spiro atoms. The van der Waals surface area contributed by atoms with Crippen molar-refractivity contribution < 1.29 is 14.3 Å². The van der Waals surface area contributed by atoms with Crippen molar-refractivity contribution in [2.24, 2.45) is 5.92 Å². The zero-order chi connectivity index (χ0) is 10.1. The second-order valence-corrected chi connectivity index (χ2v) is 4.04. The molecule has 2 fully saturated rings. The average Bonchev–Trinajstić information content (AvgIpc) is 2.62. The monoisotopic (exact) mass is 197 g/mol. The number of hydrogen-bond donors (Lipinski definition) is 0. The molecule has 2 saturated heterocycles. The molecule has 2 aliphatic rings. The van der Waals surface area contributed by atoms with Crippen LogP contribution in [-0.2, 0) is 14.3 Å². The second kappa shape index (κ2) is 3.69. The Balaban J connectivity index is 2.06. The molecule has 4 nitrogen and oxygen atoms in total. The summed E-state index contributed by atoms with van der Waals surface area (Å²) in [4.78, 5) is 25.1. The molecule has 0 aromatic heterocycles. The molecule has 0 aliphatic carbocycles. The normalized spacial score (nSPS) is 32.8. The number of piperidine rings is 1. The first-order chi connectivity index (χ1) is 6.72. The lowest BCUT2D eigenvalue weighted by atomic mass is 9.92. The second-order valence-electron chi connectivity index (χ2n) is 4.04. The van der Waals surface area contributed by atoms with Crippen molar-refractivity contribution in [2.75, 3.05) is 20.2 Å². The van der Waals surface area contributed by atoms with Crippen LogP contribution in [0.25, 0.3) is 0 Å². The van der Waals surface area contributed by atoms with Crippen molar-refractivity contribution in [1.82, 2.24) is 4.90 Å². The third-order valence-corrected chi connectivity index (χ3v) is 3.23. The molecular formula is C10H15NO3. The van der Waals surface area contributed by atoms with Gasteiger partial charge >= 0.3 is 5.97 Å².